The summed E-state index contributed by atoms with van der Waals surface area (Å²) in [5.74, 6) is -0.498. The molecule has 2 rings (SSSR count). The van der Waals surface area contributed by atoms with E-state index in [0.717, 1.165) is 16.1 Å². The van der Waals surface area contributed by atoms with Crippen LogP contribution in [-0.4, -0.2) is 28.6 Å². The molecule has 24 heavy (non-hydrogen) atoms. The van der Waals surface area contributed by atoms with E-state index in [1.54, 1.807) is 20.8 Å². The molecule has 0 aliphatic rings. The van der Waals surface area contributed by atoms with Gasteiger partial charge in [0, 0.05) is 11.0 Å². The molecule has 1 aromatic carbocycles. The standard InChI is InChI=1S/C17H22N4O2S/c1-10-6-7-12(11(2)8-10)14-20-21-16(24-14)19-13(22)9-18-15(23)17(3,4)5/h6-8H,9H2,1-5H3,(H,18,23)(H,19,21,22). The normalized spacial score (nSPS) is 11.2. The fraction of sp³-hybridized carbons (Fsp3) is 0.412. The van der Waals surface area contributed by atoms with Crippen LogP contribution in [0.2, 0.25) is 0 Å². The lowest BCUT2D eigenvalue weighted by Gasteiger charge is -2.17. The molecule has 128 valence electrons. The highest BCUT2D eigenvalue weighted by Gasteiger charge is 2.21. The smallest absolute Gasteiger partial charge is 0.245 e. The fourth-order valence-electron chi connectivity index (χ4n) is 2.03. The van der Waals surface area contributed by atoms with Crippen molar-refractivity contribution >= 4 is 28.3 Å². The average molecular weight is 346 g/mol. The number of nitrogens with zero attached hydrogens (tertiary/aromatic N) is 2. The Labute approximate surface area is 145 Å². The predicted octanol–water partition coefficient (Wildman–Crippen LogP) is 2.92. The Bertz CT molecular complexity index is 762. The van der Waals surface area contributed by atoms with Gasteiger partial charge in [0.15, 0.2) is 0 Å². The first-order chi connectivity index (χ1) is 11.2. The second-order valence-electron chi connectivity index (χ2n) is 6.71. The molecule has 7 heteroatoms. The number of carbonyl (C=O) groups is 2. The summed E-state index contributed by atoms with van der Waals surface area (Å²) in [4.78, 5) is 23.7. The van der Waals surface area contributed by atoms with Crippen LogP contribution < -0.4 is 10.6 Å². The fourth-order valence-corrected chi connectivity index (χ4v) is 2.88. The summed E-state index contributed by atoms with van der Waals surface area (Å²) in [6.45, 7) is 9.34. The minimum absolute atomic E-state index is 0.0887. The molecule has 2 aromatic rings. The summed E-state index contributed by atoms with van der Waals surface area (Å²) in [5.41, 5.74) is 2.77. The van der Waals surface area contributed by atoms with Crippen molar-refractivity contribution < 1.29 is 9.59 Å². The Morgan fingerprint density at radius 2 is 1.88 bits per heavy atom. The number of aryl methyl sites for hydroxylation is 2. The van der Waals surface area contributed by atoms with Crippen LogP contribution in [0.1, 0.15) is 31.9 Å². The molecular weight excluding hydrogens is 324 g/mol. The van der Waals surface area contributed by atoms with Crippen LogP contribution in [0.15, 0.2) is 18.2 Å². The van der Waals surface area contributed by atoms with Crippen molar-refractivity contribution in [2.45, 2.75) is 34.6 Å². The Morgan fingerprint density at radius 1 is 1.17 bits per heavy atom. The van der Waals surface area contributed by atoms with Gasteiger partial charge in [-0.1, -0.05) is 55.9 Å². The highest BCUT2D eigenvalue weighted by molar-refractivity contribution is 7.18. The molecule has 1 aromatic heterocycles. The van der Waals surface area contributed by atoms with Crippen molar-refractivity contribution in [3.05, 3.63) is 29.3 Å². The molecule has 0 radical (unpaired) electrons. The van der Waals surface area contributed by atoms with Crippen molar-refractivity contribution in [3.8, 4) is 10.6 Å². The first kappa shape index (κ1) is 18.1. The van der Waals surface area contributed by atoms with Crippen LogP contribution in [0, 0.1) is 19.3 Å². The molecule has 1 heterocycles. The van der Waals surface area contributed by atoms with Crippen LogP contribution >= 0.6 is 11.3 Å². The van der Waals surface area contributed by atoms with E-state index in [0.29, 0.717) is 5.13 Å². The second kappa shape index (κ2) is 7.09. The first-order valence-electron chi connectivity index (χ1n) is 7.66. The molecule has 0 bridgehead atoms. The van der Waals surface area contributed by atoms with Gasteiger partial charge in [-0.15, -0.1) is 10.2 Å². The third kappa shape index (κ3) is 4.61. The molecular formula is C17H22N4O2S. The quantitative estimate of drug-likeness (QED) is 0.891. The molecule has 0 atom stereocenters. The molecule has 0 aliphatic heterocycles. The van der Waals surface area contributed by atoms with Gasteiger partial charge in [-0.05, 0) is 19.4 Å². The summed E-state index contributed by atoms with van der Waals surface area (Å²) < 4.78 is 0. The van der Waals surface area contributed by atoms with Gasteiger partial charge < -0.3 is 5.32 Å². The van der Waals surface area contributed by atoms with Gasteiger partial charge in [0.1, 0.15) is 5.01 Å². The highest BCUT2D eigenvalue weighted by Crippen LogP contribution is 2.29. The number of nitrogens with one attached hydrogen (secondary N) is 2. The van der Waals surface area contributed by atoms with E-state index in [9.17, 15) is 9.59 Å². The molecule has 0 saturated heterocycles. The van der Waals surface area contributed by atoms with Crippen LogP contribution in [0.4, 0.5) is 5.13 Å². The van der Waals surface area contributed by atoms with Gasteiger partial charge in [-0.2, -0.15) is 0 Å². The minimum atomic E-state index is -0.529. The minimum Gasteiger partial charge on any atom is -0.347 e. The Balaban J connectivity index is 1.99. The molecule has 0 unspecified atom stereocenters. The summed E-state index contributed by atoms with van der Waals surface area (Å²) in [6, 6.07) is 6.10. The number of rotatable bonds is 4. The zero-order valence-electron chi connectivity index (χ0n) is 14.6. The molecule has 6 nitrogen and oxygen atoms in total. The molecule has 0 spiro atoms. The van der Waals surface area contributed by atoms with Crippen LogP contribution in [0.25, 0.3) is 10.6 Å². The zero-order chi connectivity index (χ0) is 17.9. The molecule has 0 aliphatic carbocycles. The summed E-state index contributed by atoms with van der Waals surface area (Å²) in [7, 11) is 0. The number of hydrogen-bond acceptors (Lipinski definition) is 5. The third-order valence-electron chi connectivity index (χ3n) is 3.37. The highest BCUT2D eigenvalue weighted by atomic mass is 32.1. The molecule has 0 fully saturated rings. The summed E-state index contributed by atoms with van der Waals surface area (Å²) >= 11 is 1.31. The Morgan fingerprint density at radius 3 is 2.50 bits per heavy atom. The van der Waals surface area contributed by atoms with E-state index in [-0.39, 0.29) is 18.4 Å². The maximum absolute atomic E-state index is 11.9. The second-order valence-corrected chi connectivity index (χ2v) is 7.69. The lowest BCUT2D eigenvalue weighted by molar-refractivity contribution is -0.130. The average Bonchev–Trinajstić information content (AvgIpc) is 2.91. The Kier molecular flexibility index (Phi) is 5.33. The summed E-state index contributed by atoms with van der Waals surface area (Å²) in [5, 5.41) is 14.6. The predicted molar refractivity (Wildman–Crippen MR) is 95.9 cm³/mol. The van der Waals surface area contributed by atoms with Crippen LogP contribution in [0.3, 0.4) is 0 Å². The van der Waals surface area contributed by atoms with Crippen molar-refractivity contribution in [1.82, 2.24) is 15.5 Å². The van der Waals surface area contributed by atoms with Crippen LogP contribution in [-0.2, 0) is 9.59 Å². The van der Waals surface area contributed by atoms with E-state index in [2.05, 4.69) is 26.9 Å². The maximum Gasteiger partial charge on any atom is 0.245 e. The summed E-state index contributed by atoms with van der Waals surface area (Å²) in [6.07, 6.45) is 0. The van der Waals surface area contributed by atoms with Crippen LogP contribution in [0.5, 0.6) is 0 Å². The molecule has 2 N–H and O–H groups in total. The van der Waals surface area contributed by atoms with Gasteiger partial charge in [0.25, 0.3) is 0 Å². The Hall–Kier alpha value is -2.28. The van der Waals surface area contributed by atoms with Crippen molar-refractivity contribution in [2.24, 2.45) is 5.41 Å². The topological polar surface area (TPSA) is 84.0 Å². The third-order valence-corrected chi connectivity index (χ3v) is 4.25. The van der Waals surface area contributed by atoms with E-state index in [1.807, 2.05) is 26.0 Å². The van der Waals surface area contributed by atoms with Crippen molar-refractivity contribution in [2.75, 3.05) is 11.9 Å². The van der Waals surface area contributed by atoms with E-state index < -0.39 is 5.41 Å². The van der Waals surface area contributed by atoms with Gasteiger partial charge in [0.2, 0.25) is 16.9 Å². The van der Waals surface area contributed by atoms with Gasteiger partial charge >= 0.3 is 0 Å². The maximum atomic E-state index is 11.9. The number of carbonyl (C=O) groups excluding carboxylic acids is 2. The SMILES string of the molecule is Cc1ccc(-c2nnc(NC(=O)CNC(=O)C(C)(C)C)s2)c(C)c1. The number of benzene rings is 1. The molecule has 2 amide bonds. The molecule has 0 saturated carbocycles. The van der Waals surface area contributed by atoms with E-state index in [4.69, 9.17) is 0 Å². The van der Waals surface area contributed by atoms with Gasteiger partial charge in [0.05, 0.1) is 6.54 Å². The first-order valence-corrected chi connectivity index (χ1v) is 8.48. The monoisotopic (exact) mass is 346 g/mol. The number of anilines is 1. The van der Waals surface area contributed by atoms with Gasteiger partial charge in [-0.25, -0.2) is 0 Å². The van der Waals surface area contributed by atoms with Crippen molar-refractivity contribution in [1.29, 1.82) is 0 Å². The van der Waals surface area contributed by atoms with E-state index in [1.165, 1.54) is 16.9 Å². The number of hydrogen-bond donors (Lipinski definition) is 2. The number of amides is 2. The largest absolute Gasteiger partial charge is 0.347 e. The van der Waals surface area contributed by atoms with E-state index >= 15 is 0 Å². The number of aromatic nitrogens is 2. The van der Waals surface area contributed by atoms with Gasteiger partial charge in [-0.3, -0.25) is 14.9 Å². The lowest BCUT2D eigenvalue weighted by atomic mass is 9.96. The van der Waals surface area contributed by atoms with Crippen molar-refractivity contribution in [3.63, 3.8) is 0 Å². The lowest BCUT2D eigenvalue weighted by Crippen LogP contribution is -2.39. The zero-order valence-corrected chi connectivity index (χ0v) is 15.4.